The summed E-state index contributed by atoms with van der Waals surface area (Å²) in [6, 6.07) is 7.82. The molecule has 2 fully saturated rings. The molecular weight excluding hydrogens is 258 g/mol. The highest BCUT2D eigenvalue weighted by Crippen LogP contribution is 2.50. The van der Waals surface area contributed by atoms with Crippen LogP contribution in [-0.4, -0.2) is 23.9 Å². The lowest BCUT2D eigenvalue weighted by molar-refractivity contribution is -0.135. The predicted molar refractivity (Wildman–Crippen MR) is 77.3 cm³/mol. The van der Waals surface area contributed by atoms with Gasteiger partial charge in [0.2, 0.25) is 5.91 Å². The first kappa shape index (κ1) is 13.0. The van der Waals surface area contributed by atoms with Crippen LogP contribution in [0.15, 0.2) is 24.3 Å². The molecule has 1 aliphatic heterocycles. The number of benzene rings is 1. The molecule has 1 saturated carbocycles. The molecule has 1 saturated heterocycles. The Morgan fingerprint density at radius 2 is 2.00 bits per heavy atom. The molecule has 3 rings (SSSR count). The average Bonchev–Trinajstić information content (AvgIpc) is 3.20. The molecule has 0 unspecified atom stereocenters. The maximum absolute atomic E-state index is 12.8. The first-order valence-electron chi connectivity index (χ1n) is 7.17. The molecule has 2 nitrogen and oxygen atoms in total. The fourth-order valence-corrected chi connectivity index (χ4v) is 3.24. The van der Waals surface area contributed by atoms with Crippen molar-refractivity contribution in [2.75, 3.05) is 13.1 Å². The zero-order valence-electron chi connectivity index (χ0n) is 11.4. The van der Waals surface area contributed by atoms with Crippen molar-refractivity contribution < 1.29 is 4.79 Å². The van der Waals surface area contributed by atoms with E-state index < -0.39 is 0 Å². The monoisotopic (exact) mass is 277 g/mol. The summed E-state index contributed by atoms with van der Waals surface area (Å²) in [7, 11) is 0. The minimum atomic E-state index is -0.258. The second-order valence-electron chi connectivity index (χ2n) is 6.07. The Balaban J connectivity index is 1.79. The number of nitrogens with zero attached hydrogens (tertiary/aromatic N) is 1. The number of piperidine rings is 1. The average molecular weight is 278 g/mol. The van der Waals surface area contributed by atoms with Crippen molar-refractivity contribution >= 4 is 17.5 Å². The highest BCUT2D eigenvalue weighted by atomic mass is 35.5. The van der Waals surface area contributed by atoms with Crippen LogP contribution < -0.4 is 0 Å². The van der Waals surface area contributed by atoms with Crippen molar-refractivity contribution in [1.29, 1.82) is 0 Å². The number of amides is 1. The first-order chi connectivity index (χ1) is 9.12. The molecule has 0 bridgehead atoms. The normalized spacial score (nSPS) is 22.3. The Labute approximate surface area is 119 Å². The molecule has 1 aromatic rings. The molecule has 0 radical (unpaired) electrons. The highest BCUT2D eigenvalue weighted by Gasteiger charge is 2.53. The van der Waals surface area contributed by atoms with E-state index in [1.165, 1.54) is 0 Å². The van der Waals surface area contributed by atoms with Gasteiger partial charge in [0.1, 0.15) is 0 Å². The summed E-state index contributed by atoms with van der Waals surface area (Å²) in [6.07, 6.45) is 4.21. The van der Waals surface area contributed by atoms with Crippen LogP contribution in [0.1, 0.15) is 38.2 Å². The van der Waals surface area contributed by atoms with Crippen molar-refractivity contribution in [3.63, 3.8) is 0 Å². The zero-order valence-corrected chi connectivity index (χ0v) is 12.1. The van der Waals surface area contributed by atoms with Gasteiger partial charge >= 0.3 is 0 Å². The quantitative estimate of drug-likeness (QED) is 0.808. The number of rotatable bonds is 2. The van der Waals surface area contributed by atoms with Gasteiger partial charge in [-0.25, -0.2) is 0 Å². The van der Waals surface area contributed by atoms with Crippen LogP contribution in [0.4, 0.5) is 0 Å². The van der Waals surface area contributed by atoms with Crippen LogP contribution in [0.3, 0.4) is 0 Å². The summed E-state index contributed by atoms with van der Waals surface area (Å²) in [5.74, 6) is 1.08. The standard InChI is InChI=1S/C16H20ClNO/c1-12-5-9-18(10-6-12)15(19)16(7-8-16)13-3-2-4-14(17)11-13/h2-4,11-12H,5-10H2,1H3. The largest absolute Gasteiger partial charge is 0.342 e. The van der Waals surface area contributed by atoms with E-state index in [0.29, 0.717) is 5.91 Å². The van der Waals surface area contributed by atoms with E-state index in [9.17, 15) is 4.79 Å². The van der Waals surface area contributed by atoms with Crippen LogP contribution >= 0.6 is 11.6 Å². The van der Waals surface area contributed by atoms with E-state index in [1.54, 1.807) is 0 Å². The van der Waals surface area contributed by atoms with Gasteiger partial charge in [0.15, 0.2) is 0 Å². The summed E-state index contributed by atoms with van der Waals surface area (Å²) in [6.45, 7) is 4.11. The van der Waals surface area contributed by atoms with Gasteiger partial charge in [-0.2, -0.15) is 0 Å². The Morgan fingerprint density at radius 1 is 1.32 bits per heavy atom. The van der Waals surface area contributed by atoms with Gasteiger partial charge in [0.25, 0.3) is 0 Å². The Bertz CT molecular complexity index is 487. The SMILES string of the molecule is CC1CCN(C(=O)C2(c3cccc(Cl)c3)CC2)CC1. The van der Waals surface area contributed by atoms with Crippen LogP contribution in [-0.2, 0) is 10.2 Å². The molecule has 102 valence electrons. The third-order valence-electron chi connectivity index (χ3n) is 4.61. The Hall–Kier alpha value is -1.02. The maximum Gasteiger partial charge on any atom is 0.233 e. The molecule has 3 heteroatoms. The number of likely N-dealkylation sites (tertiary alicyclic amines) is 1. The van der Waals surface area contributed by atoms with Crippen LogP contribution in [0.5, 0.6) is 0 Å². The van der Waals surface area contributed by atoms with E-state index in [-0.39, 0.29) is 5.41 Å². The van der Waals surface area contributed by atoms with Gasteiger partial charge in [0.05, 0.1) is 5.41 Å². The topological polar surface area (TPSA) is 20.3 Å². The molecule has 1 aromatic carbocycles. The summed E-state index contributed by atoms with van der Waals surface area (Å²) in [5, 5.41) is 0.726. The molecule has 0 spiro atoms. The van der Waals surface area contributed by atoms with Gasteiger partial charge in [-0.3, -0.25) is 4.79 Å². The lowest BCUT2D eigenvalue weighted by Gasteiger charge is -2.33. The smallest absolute Gasteiger partial charge is 0.233 e. The van der Waals surface area contributed by atoms with Crippen molar-refractivity contribution in [1.82, 2.24) is 4.90 Å². The van der Waals surface area contributed by atoms with Gasteiger partial charge < -0.3 is 4.90 Å². The molecular formula is C16H20ClNO. The van der Waals surface area contributed by atoms with Crippen LogP contribution in [0.25, 0.3) is 0 Å². The minimum absolute atomic E-state index is 0.258. The van der Waals surface area contributed by atoms with Crippen LogP contribution in [0.2, 0.25) is 5.02 Å². The van der Waals surface area contributed by atoms with Crippen LogP contribution in [0, 0.1) is 5.92 Å². The second-order valence-corrected chi connectivity index (χ2v) is 6.50. The van der Waals surface area contributed by atoms with E-state index in [0.717, 1.165) is 55.3 Å². The molecule has 1 amide bonds. The zero-order chi connectivity index (χ0) is 13.5. The summed E-state index contributed by atoms with van der Waals surface area (Å²) in [4.78, 5) is 14.8. The molecule has 0 atom stereocenters. The molecule has 1 heterocycles. The summed E-state index contributed by atoms with van der Waals surface area (Å²) in [5.41, 5.74) is 0.842. The Morgan fingerprint density at radius 3 is 2.58 bits per heavy atom. The Kier molecular flexibility index (Phi) is 3.30. The fourth-order valence-electron chi connectivity index (χ4n) is 3.05. The number of halogens is 1. The molecule has 1 aliphatic carbocycles. The number of carbonyl (C=O) groups excluding carboxylic acids is 1. The number of carbonyl (C=O) groups is 1. The van der Waals surface area contributed by atoms with Gasteiger partial charge in [-0.15, -0.1) is 0 Å². The minimum Gasteiger partial charge on any atom is -0.342 e. The lowest BCUT2D eigenvalue weighted by atomic mass is 9.92. The number of hydrogen-bond acceptors (Lipinski definition) is 1. The third-order valence-corrected chi connectivity index (χ3v) is 4.84. The number of hydrogen-bond donors (Lipinski definition) is 0. The van der Waals surface area contributed by atoms with Crippen molar-refractivity contribution in [3.8, 4) is 0 Å². The van der Waals surface area contributed by atoms with E-state index in [4.69, 9.17) is 11.6 Å². The summed E-state index contributed by atoms with van der Waals surface area (Å²) < 4.78 is 0. The van der Waals surface area contributed by atoms with E-state index >= 15 is 0 Å². The maximum atomic E-state index is 12.8. The van der Waals surface area contributed by atoms with Gasteiger partial charge in [-0.1, -0.05) is 30.7 Å². The molecule has 0 N–H and O–H groups in total. The van der Waals surface area contributed by atoms with E-state index in [1.807, 2.05) is 24.3 Å². The molecule has 19 heavy (non-hydrogen) atoms. The van der Waals surface area contributed by atoms with E-state index in [2.05, 4.69) is 11.8 Å². The van der Waals surface area contributed by atoms with Crippen molar-refractivity contribution in [2.45, 2.75) is 38.0 Å². The van der Waals surface area contributed by atoms with Gasteiger partial charge in [0, 0.05) is 18.1 Å². The van der Waals surface area contributed by atoms with Crippen molar-refractivity contribution in [2.24, 2.45) is 5.92 Å². The predicted octanol–water partition coefficient (Wildman–Crippen LogP) is 3.63. The lowest BCUT2D eigenvalue weighted by Crippen LogP contribution is -2.43. The summed E-state index contributed by atoms with van der Waals surface area (Å²) >= 11 is 6.06. The third kappa shape index (κ3) is 2.38. The molecule has 0 aromatic heterocycles. The fraction of sp³-hybridized carbons (Fsp3) is 0.562. The second kappa shape index (κ2) is 4.82. The molecule has 2 aliphatic rings. The van der Waals surface area contributed by atoms with Crippen molar-refractivity contribution in [3.05, 3.63) is 34.9 Å². The highest BCUT2D eigenvalue weighted by molar-refractivity contribution is 6.30. The first-order valence-corrected chi connectivity index (χ1v) is 7.55. The van der Waals surface area contributed by atoms with Gasteiger partial charge in [-0.05, 0) is 49.3 Å².